The maximum absolute atomic E-state index is 5.93. The quantitative estimate of drug-likeness (QED) is 0.819. The minimum Gasteiger partial charge on any atom is -0.398 e. The molecule has 17 heavy (non-hydrogen) atoms. The predicted molar refractivity (Wildman–Crippen MR) is 68.7 cm³/mol. The topological polar surface area (TPSA) is 44.5 Å². The van der Waals surface area contributed by atoms with Crippen LogP contribution in [0.25, 0.3) is 0 Å². The Morgan fingerprint density at radius 1 is 1.24 bits per heavy atom. The second-order valence-corrected chi connectivity index (χ2v) is 4.86. The molecule has 1 aromatic carbocycles. The fourth-order valence-corrected chi connectivity index (χ4v) is 2.35. The number of benzene rings is 1. The standard InChI is InChI=1S/C14H21NO2/c1-10-7-13(8-11(2)17-10)16-9-12-5-3-4-6-14(12)15/h3-6,10-11,13H,7-9,15H2,1-2H3. The van der Waals surface area contributed by atoms with Crippen molar-refractivity contribution in [2.75, 3.05) is 5.73 Å². The highest BCUT2D eigenvalue weighted by molar-refractivity contribution is 5.45. The number of para-hydroxylation sites is 1. The Morgan fingerprint density at radius 3 is 2.53 bits per heavy atom. The van der Waals surface area contributed by atoms with Gasteiger partial charge in [-0.05, 0) is 32.8 Å². The number of rotatable bonds is 3. The summed E-state index contributed by atoms with van der Waals surface area (Å²) in [7, 11) is 0. The molecule has 2 unspecified atom stereocenters. The summed E-state index contributed by atoms with van der Waals surface area (Å²) in [4.78, 5) is 0. The molecular formula is C14H21NO2. The van der Waals surface area contributed by atoms with Crippen LogP contribution in [0.5, 0.6) is 0 Å². The lowest BCUT2D eigenvalue weighted by Gasteiger charge is -2.32. The zero-order valence-electron chi connectivity index (χ0n) is 10.6. The zero-order chi connectivity index (χ0) is 12.3. The van der Waals surface area contributed by atoms with Crippen molar-refractivity contribution in [3.05, 3.63) is 29.8 Å². The molecule has 2 atom stereocenters. The van der Waals surface area contributed by atoms with E-state index in [2.05, 4.69) is 13.8 Å². The monoisotopic (exact) mass is 235 g/mol. The van der Waals surface area contributed by atoms with Gasteiger partial charge in [0.25, 0.3) is 0 Å². The molecule has 1 fully saturated rings. The highest BCUT2D eigenvalue weighted by atomic mass is 16.5. The Balaban J connectivity index is 1.88. The van der Waals surface area contributed by atoms with E-state index in [1.165, 1.54) is 0 Å². The van der Waals surface area contributed by atoms with E-state index in [1.54, 1.807) is 0 Å². The Labute approximate surface area is 103 Å². The lowest BCUT2D eigenvalue weighted by Crippen LogP contribution is -2.34. The molecule has 0 bridgehead atoms. The number of hydrogen-bond donors (Lipinski definition) is 1. The molecule has 0 spiro atoms. The van der Waals surface area contributed by atoms with Gasteiger partial charge < -0.3 is 15.2 Å². The molecule has 0 radical (unpaired) electrons. The second-order valence-electron chi connectivity index (χ2n) is 4.86. The molecule has 0 amide bonds. The summed E-state index contributed by atoms with van der Waals surface area (Å²) >= 11 is 0. The van der Waals surface area contributed by atoms with Crippen molar-refractivity contribution in [2.45, 2.75) is 51.6 Å². The third kappa shape index (κ3) is 3.45. The molecule has 1 aromatic rings. The van der Waals surface area contributed by atoms with Crippen LogP contribution in [0.4, 0.5) is 5.69 Å². The van der Waals surface area contributed by atoms with Crippen LogP contribution in [0.15, 0.2) is 24.3 Å². The van der Waals surface area contributed by atoms with E-state index in [4.69, 9.17) is 15.2 Å². The highest BCUT2D eigenvalue weighted by Gasteiger charge is 2.24. The minimum atomic E-state index is 0.286. The maximum Gasteiger partial charge on any atom is 0.0740 e. The highest BCUT2D eigenvalue weighted by Crippen LogP contribution is 2.23. The molecule has 3 nitrogen and oxygen atoms in total. The number of nitrogen functional groups attached to an aromatic ring is 1. The molecule has 0 aromatic heterocycles. The molecule has 3 heteroatoms. The van der Waals surface area contributed by atoms with Crippen molar-refractivity contribution in [3.8, 4) is 0 Å². The number of anilines is 1. The van der Waals surface area contributed by atoms with Crippen LogP contribution in [0.2, 0.25) is 0 Å². The van der Waals surface area contributed by atoms with Gasteiger partial charge in [0.1, 0.15) is 0 Å². The lowest BCUT2D eigenvalue weighted by molar-refractivity contribution is -0.106. The maximum atomic E-state index is 5.93. The van der Waals surface area contributed by atoms with Crippen LogP contribution in [0.3, 0.4) is 0 Å². The normalized spacial score (nSPS) is 29.2. The molecular weight excluding hydrogens is 214 g/mol. The first-order valence-electron chi connectivity index (χ1n) is 6.25. The molecule has 1 aliphatic heterocycles. The van der Waals surface area contributed by atoms with Crippen LogP contribution in [0, 0.1) is 0 Å². The molecule has 94 valence electrons. The minimum absolute atomic E-state index is 0.286. The van der Waals surface area contributed by atoms with Gasteiger partial charge in [-0.3, -0.25) is 0 Å². The van der Waals surface area contributed by atoms with Gasteiger partial charge in [0.05, 0.1) is 24.9 Å². The SMILES string of the molecule is CC1CC(OCc2ccccc2N)CC(C)O1. The fourth-order valence-electron chi connectivity index (χ4n) is 2.35. The van der Waals surface area contributed by atoms with Crippen LogP contribution >= 0.6 is 0 Å². The molecule has 0 saturated carbocycles. The summed E-state index contributed by atoms with van der Waals surface area (Å²) in [6, 6.07) is 7.86. The van der Waals surface area contributed by atoms with Crippen molar-refractivity contribution in [1.82, 2.24) is 0 Å². The summed E-state index contributed by atoms with van der Waals surface area (Å²) < 4.78 is 11.6. The summed E-state index contributed by atoms with van der Waals surface area (Å²) in [6.45, 7) is 4.79. The summed E-state index contributed by atoms with van der Waals surface area (Å²) in [5.74, 6) is 0. The molecule has 2 rings (SSSR count). The van der Waals surface area contributed by atoms with Crippen molar-refractivity contribution >= 4 is 5.69 Å². The Hall–Kier alpha value is -1.06. The van der Waals surface area contributed by atoms with Gasteiger partial charge in [0, 0.05) is 11.3 Å². The molecule has 0 aliphatic carbocycles. The lowest BCUT2D eigenvalue weighted by atomic mass is 10.0. The van der Waals surface area contributed by atoms with E-state index >= 15 is 0 Å². The summed E-state index contributed by atoms with van der Waals surface area (Å²) in [5.41, 5.74) is 7.76. The second kappa shape index (κ2) is 5.52. The third-order valence-corrected chi connectivity index (χ3v) is 3.18. The first-order valence-corrected chi connectivity index (χ1v) is 6.25. The van der Waals surface area contributed by atoms with Gasteiger partial charge in [0.15, 0.2) is 0 Å². The molecule has 1 aliphatic rings. The van der Waals surface area contributed by atoms with Gasteiger partial charge in [-0.15, -0.1) is 0 Å². The first-order chi connectivity index (χ1) is 8.15. The fraction of sp³-hybridized carbons (Fsp3) is 0.571. The first kappa shape index (κ1) is 12.4. The number of nitrogens with two attached hydrogens (primary N) is 1. The van der Waals surface area contributed by atoms with E-state index in [0.29, 0.717) is 6.61 Å². The van der Waals surface area contributed by atoms with Crippen molar-refractivity contribution in [1.29, 1.82) is 0 Å². The third-order valence-electron chi connectivity index (χ3n) is 3.18. The predicted octanol–water partition coefficient (Wildman–Crippen LogP) is 2.74. The summed E-state index contributed by atoms with van der Waals surface area (Å²) in [6.07, 6.45) is 2.80. The van der Waals surface area contributed by atoms with Gasteiger partial charge >= 0.3 is 0 Å². The smallest absolute Gasteiger partial charge is 0.0740 e. The van der Waals surface area contributed by atoms with E-state index < -0.39 is 0 Å². The van der Waals surface area contributed by atoms with Crippen molar-refractivity contribution < 1.29 is 9.47 Å². The van der Waals surface area contributed by atoms with Crippen LogP contribution in [-0.4, -0.2) is 18.3 Å². The Bertz CT molecular complexity index is 357. The van der Waals surface area contributed by atoms with E-state index in [0.717, 1.165) is 24.1 Å². The van der Waals surface area contributed by atoms with Gasteiger partial charge in [-0.25, -0.2) is 0 Å². The van der Waals surface area contributed by atoms with Gasteiger partial charge in [-0.1, -0.05) is 18.2 Å². The van der Waals surface area contributed by atoms with Crippen LogP contribution < -0.4 is 5.73 Å². The number of hydrogen-bond acceptors (Lipinski definition) is 3. The number of ether oxygens (including phenoxy) is 2. The zero-order valence-corrected chi connectivity index (χ0v) is 10.6. The van der Waals surface area contributed by atoms with E-state index in [-0.39, 0.29) is 18.3 Å². The van der Waals surface area contributed by atoms with Crippen LogP contribution in [-0.2, 0) is 16.1 Å². The van der Waals surface area contributed by atoms with E-state index in [9.17, 15) is 0 Å². The molecule has 1 heterocycles. The van der Waals surface area contributed by atoms with Crippen molar-refractivity contribution in [2.24, 2.45) is 0 Å². The van der Waals surface area contributed by atoms with Crippen molar-refractivity contribution in [3.63, 3.8) is 0 Å². The summed E-state index contributed by atoms with van der Waals surface area (Å²) in [5, 5.41) is 0. The Kier molecular flexibility index (Phi) is 4.02. The van der Waals surface area contributed by atoms with Gasteiger partial charge in [0.2, 0.25) is 0 Å². The Morgan fingerprint density at radius 2 is 1.88 bits per heavy atom. The molecule has 1 saturated heterocycles. The van der Waals surface area contributed by atoms with E-state index in [1.807, 2.05) is 24.3 Å². The average Bonchev–Trinajstić information content (AvgIpc) is 2.27. The largest absolute Gasteiger partial charge is 0.398 e. The molecule has 2 N–H and O–H groups in total. The van der Waals surface area contributed by atoms with Crippen LogP contribution in [0.1, 0.15) is 32.3 Å². The van der Waals surface area contributed by atoms with Gasteiger partial charge in [-0.2, -0.15) is 0 Å². The average molecular weight is 235 g/mol.